The lowest BCUT2D eigenvalue weighted by atomic mass is 10.1. The Hall–Kier alpha value is -1.99. The van der Waals surface area contributed by atoms with Crippen LogP contribution in [0.25, 0.3) is 0 Å². The van der Waals surface area contributed by atoms with E-state index in [1.807, 2.05) is 0 Å². The van der Waals surface area contributed by atoms with Gasteiger partial charge in [-0.25, -0.2) is 4.98 Å². The van der Waals surface area contributed by atoms with Gasteiger partial charge in [0.05, 0.1) is 4.92 Å². The summed E-state index contributed by atoms with van der Waals surface area (Å²) in [6.45, 7) is 5.74. The lowest BCUT2D eigenvalue weighted by Gasteiger charge is -2.25. The Kier molecular flexibility index (Phi) is 4.87. The van der Waals surface area contributed by atoms with E-state index in [0.717, 1.165) is 23.5 Å². The van der Waals surface area contributed by atoms with Crippen molar-refractivity contribution in [1.29, 1.82) is 0 Å². The van der Waals surface area contributed by atoms with Gasteiger partial charge in [-0.1, -0.05) is 12.1 Å². The third kappa shape index (κ3) is 4.24. The molecule has 2 N–H and O–H groups in total. The molecule has 112 valence electrons. The van der Waals surface area contributed by atoms with Crippen LogP contribution in [0.2, 0.25) is 0 Å². The molecule has 0 amide bonds. The molecule has 2 rings (SSSR count). The van der Waals surface area contributed by atoms with Crippen LogP contribution in [0, 0.1) is 10.1 Å². The molecule has 0 unspecified atom stereocenters. The van der Waals surface area contributed by atoms with Crippen molar-refractivity contribution in [2.45, 2.75) is 33.0 Å². The number of nitro groups is 1. The molecule has 0 bridgehead atoms. The van der Waals surface area contributed by atoms with E-state index < -0.39 is 0 Å². The van der Waals surface area contributed by atoms with Gasteiger partial charge in [-0.05, 0) is 19.4 Å². The molecule has 0 aliphatic heterocycles. The van der Waals surface area contributed by atoms with Crippen molar-refractivity contribution in [3.05, 3.63) is 51.0 Å². The fourth-order valence-corrected chi connectivity index (χ4v) is 2.68. The van der Waals surface area contributed by atoms with Crippen molar-refractivity contribution in [3.8, 4) is 0 Å². The lowest BCUT2D eigenvalue weighted by molar-refractivity contribution is -0.384. The van der Waals surface area contributed by atoms with Crippen molar-refractivity contribution in [1.82, 2.24) is 9.88 Å². The predicted octanol–water partition coefficient (Wildman–Crippen LogP) is 3.04. The average Bonchev–Trinajstić information content (AvgIpc) is 2.84. The van der Waals surface area contributed by atoms with Crippen LogP contribution in [0.3, 0.4) is 0 Å². The van der Waals surface area contributed by atoms with Crippen LogP contribution in [0.1, 0.15) is 24.3 Å². The maximum Gasteiger partial charge on any atom is 0.269 e. The summed E-state index contributed by atoms with van der Waals surface area (Å²) in [5.74, 6) is 0. The van der Waals surface area contributed by atoms with Crippen LogP contribution < -0.4 is 5.73 Å². The second-order valence-corrected chi connectivity index (χ2v) is 6.23. The highest BCUT2D eigenvalue weighted by atomic mass is 32.1. The lowest BCUT2D eigenvalue weighted by Crippen LogP contribution is -2.29. The fraction of sp³-hybridized carbons (Fsp3) is 0.357. The zero-order valence-electron chi connectivity index (χ0n) is 12.0. The van der Waals surface area contributed by atoms with E-state index in [1.54, 1.807) is 30.5 Å². The second kappa shape index (κ2) is 6.64. The molecule has 2 aromatic rings. The van der Waals surface area contributed by atoms with Gasteiger partial charge in [0.15, 0.2) is 5.13 Å². The summed E-state index contributed by atoms with van der Waals surface area (Å²) in [4.78, 5) is 17.7. The van der Waals surface area contributed by atoms with Crippen molar-refractivity contribution in [2.24, 2.45) is 0 Å². The predicted molar refractivity (Wildman–Crippen MR) is 84.0 cm³/mol. The minimum absolute atomic E-state index is 0.116. The molecule has 0 saturated carbocycles. The Balaban J connectivity index is 2.07. The zero-order valence-corrected chi connectivity index (χ0v) is 12.8. The number of nitrogens with zero attached hydrogens (tertiary/aromatic N) is 3. The second-order valence-electron chi connectivity index (χ2n) is 5.09. The molecule has 1 aromatic heterocycles. The summed E-state index contributed by atoms with van der Waals surface area (Å²) in [6.07, 6.45) is 1.80. The van der Waals surface area contributed by atoms with Gasteiger partial charge < -0.3 is 5.73 Å². The largest absolute Gasteiger partial charge is 0.375 e. The molecule has 6 nitrogen and oxygen atoms in total. The van der Waals surface area contributed by atoms with E-state index in [-0.39, 0.29) is 10.6 Å². The Labute approximate surface area is 127 Å². The van der Waals surface area contributed by atoms with E-state index in [0.29, 0.717) is 11.2 Å². The summed E-state index contributed by atoms with van der Waals surface area (Å²) < 4.78 is 0. The smallest absolute Gasteiger partial charge is 0.269 e. The molecular weight excluding hydrogens is 288 g/mol. The summed E-state index contributed by atoms with van der Waals surface area (Å²) in [6, 6.07) is 7.03. The molecule has 21 heavy (non-hydrogen) atoms. The van der Waals surface area contributed by atoms with Gasteiger partial charge in [0.2, 0.25) is 0 Å². The molecule has 0 spiro atoms. The first-order chi connectivity index (χ1) is 9.95. The number of nitrogens with two attached hydrogens (primary N) is 1. The first-order valence-electron chi connectivity index (χ1n) is 6.63. The number of nitro benzene ring substituents is 1. The standard InChI is InChI=1S/C14H18N4O2S/c1-10(2)17(9-13-7-16-14(15)21-13)8-11-3-5-12(6-4-11)18(19)20/h3-7,10H,8-9H2,1-2H3,(H2,15,16). The normalized spacial score (nSPS) is 11.2. The number of rotatable bonds is 6. The minimum atomic E-state index is -0.385. The van der Waals surface area contributed by atoms with Crippen LogP contribution in [-0.4, -0.2) is 20.8 Å². The molecule has 7 heteroatoms. The maximum absolute atomic E-state index is 10.7. The van der Waals surface area contributed by atoms with Gasteiger partial charge in [-0.2, -0.15) is 0 Å². The quantitative estimate of drug-likeness (QED) is 0.655. The summed E-state index contributed by atoms with van der Waals surface area (Å²) >= 11 is 1.49. The van der Waals surface area contributed by atoms with E-state index in [9.17, 15) is 10.1 Å². The highest BCUT2D eigenvalue weighted by molar-refractivity contribution is 7.15. The van der Waals surface area contributed by atoms with Crippen LogP contribution in [0.15, 0.2) is 30.5 Å². The molecule has 1 heterocycles. The van der Waals surface area contributed by atoms with Gasteiger partial charge >= 0.3 is 0 Å². The van der Waals surface area contributed by atoms with Crippen molar-refractivity contribution < 1.29 is 4.92 Å². The van der Waals surface area contributed by atoms with Crippen molar-refractivity contribution >= 4 is 22.2 Å². The summed E-state index contributed by atoms with van der Waals surface area (Å²) in [5, 5.41) is 11.2. The number of aromatic nitrogens is 1. The highest BCUT2D eigenvalue weighted by Gasteiger charge is 2.13. The Bertz CT molecular complexity index is 610. The topological polar surface area (TPSA) is 85.3 Å². The van der Waals surface area contributed by atoms with E-state index in [2.05, 4.69) is 23.7 Å². The van der Waals surface area contributed by atoms with Crippen LogP contribution in [0.5, 0.6) is 0 Å². The number of hydrogen-bond acceptors (Lipinski definition) is 6. The van der Waals surface area contributed by atoms with Gasteiger partial charge in [0, 0.05) is 42.3 Å². The van der Waals surface area contributed by atoms with Gasteiger partial charge in [0.1, 0.15) is 0 Å². The van der Waals surface area contributed by atoms with Gasteiger partial charge in [-0.3, -0.25) is 15.0 Å². The average molecular weight is 306 g/mol. The molecule has 0 radical (unpaired) electrons. The number of nitrogen functional groups attached to an aromatic ring is 1. The number of non-ortho nitro benzene ring substituents is 1. The summed E-state index contributed by atoms with van der Waals surface area (Å²) in [5.41, 5.74) is 6.82. The number of anilines is 1. The van der Waals surface area contributed by atoms with Crippen molar-refractivity contribution in [3.63, 3.8) is 0 Å². The zero-order chi connectivity index (χ0) is 15.4. The van der Waals surface area contributed by atoms with Crippen LogP contribution >= 0.6 is 11.3 Å². The number of benzene rings is 1. The minimum Gasteiger partial charge on any atom is -0.375 e. The molecule has 0 aliphatic rings. The number of thiazole rings is 1. The van der Waals surface area contributed by atoms with Crippen LogP contribution in [0.4, 0.5) is 10.8 Å². The molecule has 0 saturated heterocycles. The number of hydrogen-bond donors (Lipinski definition) is 1. The molecule has 0 aliphatic carbocycles. The Morgan fingerprint density at radius 1 is 1.33 bits per heavy atom. The fourth-order valence-electron chi connectivity index (χ4n) is 1.97. The van der Waals surface area contributed by atoms with Gasteiger partial charge in [-0.15, -0.1) is 11.3 Å². The first-order valence-corrected chi connectivity index (χ1v) is 7.45. The van der Waals surface area contributed by atoms with Crippen LogP contribution in [-0.2, 0) is 13.1 Å². The molecule has 0 fully saturated rings. The maximum atomic E-state index is 10.7. The van der Waals surface area contributed by atoms with E-state index in [1.165, 1.54) is 11.3 Å². The van der Waals surface area contributed by atoms with Crippen molar-refractivity contribution in [2.75, 3.05) is 5.73 Å². The molecule has 0 atom stereocenters. The highest BCUT2D eigenvalue weighted by Crippen LogP contribution is 2.20. The molecular formula is C14H18N4O2S. The van der Waals surface area contributed by atoms with E-state index >= 15 is 0 Å². The molecule has 1 aromatic carbocycles. The third-order valence-electron chi connectivity index (χ3n) is 3.19. The first kappa shape index (κ1) is 15.4. The van der Waals surface area contributed by atoms with Gasteiger partial charge in [0.25, 0.3) is 5.69 Å². The summed E-state index contributed by atoms with van der Waals surface area (Å²) in [7, 11) is 0. The monoisotopic (exact) mass is 306 g/mol. The SMILES string of the molecule is CC(C)N(Cc1ccc([N+](=O)[O-])cc1)Cc1cnc(N)s1. The van der Waals surface area contributed by atoms with E-state index in [4.69, 9.17) is 5.73 Å². The third-order valence-corrected chi connectivity index (χ3v) is 4.00. The Morgan fingerprint density at radius 3 is 2.48 bits per heavy atom. The Morgan fingerprint density at radius 2 is 2.00 bits per heavy atom.